The van der Waals surface area contributed by atoms with Crippen molar-refractivity contribution >= 4 is 17.4 Å². The molecule has 3 aromatic rings. The van der Waals surface area contributed by atoms with E-state index in [1.807, 2.05) is 24.3 Å². The lowest BCUT2D eigenvalue weighted by Gasteiger charge is -2.09. The first kappa shape index (κ1) is 17.3. The summed E-state index contributed by atoms with van der Waals surface area (Å²) < 4.78 is 18.4. The van der Waals surface area contributed by atoms with Crippen molar-refractivity contribution in [1.82, 2.24) is 15.3 Å². The standard InChI is InChI=1S/C19H17FN4O2/c1-26-17-8-3-2-5-13(17)10-23-19(25)16-11-22-18(12-21-16)24-15-7-4-6-14(20)9-15/h2-9,11-12H,10H2,1H3,(H,22,24)(H,23,25). The Labute approximate surface area is 150 Å². The largest absolute Gasteiger partial charge is 0.496 e. The molecule has 0 bridgehead atoms. The molecule has 0 saturated heterocycles. The van der Waals surface area contributed by atoms with Crippen LogP contribution in [0.5, 0.6) is 5.75 Å². The Morgan fingerprint density at radius 3 is 2.69 bits per heavy atom. The Kier molecular flexibility index (Phi) is 5.38. The Morgan fingerprint density at radius 2 is 1.96 bits per heavy atom. The molecule has 1 heterocycles. The summed E-state index contributed by atoms with van der Waals surface area (Å²) in [5.74, 6) is 0.418. The highest BCUT2D eigenvalue weighted by Crippen LogP contribution is 2.17. The number of amides is 1. The van der Waals surface area contributed by atoms with Gasteiger partial charge in [0.1, 0.15) is 23.1 Å². The number of anilines is 2. The van der Waals surface area contributed by atoms with Crippen molar-refractivity contribution in [2.45, 2.75) is 6.54 Å². The molecule has 1 aromatic heterocycles. The third kappa shape index (κ3) is 4.32. The number of hydrogen-bond acceptors (Lipinski definition) is 5. The maximum absolute atomic E-state index is 13.2. The third-order valence-corrected chi connectivity index (χ3v) is 3.61. The number of halogens is 1. The molecule has 1 amide bonds. The summed E-state index contributed by atoms with van der Waals surface area (Å²) in [5, 5.41) is 5.70. The van der Waals surface area contributed by atoms with Gasteiger partial charge in [-0.15, -0.1) is 0 Å². The highest BCUT2D eigenvalue weighted by molar-refractivity contribution is 5.92. The van der Waals surface area contributed by atoms with Gasteiger partial charge in [-0.05, 0) is 24.3 Å². The number of ether oxygens (including phenoxy) is 1. The number of benzene rings is 2. The molecule has 0 unspecified atom stereocenters. The van der Waals surface area contributed by atoms with E-state index >= 15 is 0 Å². The van der Waals surface area contributed by atoms with Crippen LogP contribution in [0.1, 0.15) is 16.1 Å². The Balaban J connectivity index is 1.61. The molecule has 26 heavy (non-hydrogen) atoms. The Morgan fingerprint density at radius 1 is 1.12 bits per heavy atom. The van der Waals surface area contributed by atoms with E-state index in [4.69, 9.17) is 4.74 Å². The fourth-order valence-electron chi connectivity index (χ4n) is 2.34. The zero-order valence-corrected chi connectivity index (χ0v) is 14.1. The molecule has 0 aliphatic heterocycles. The molecule has 0 aliphatic carbocycles. The molecule has 0 radical (unpaired) electrons. The highest BCUT2D eigenvalue weighted by atomic mass is 19.1. The molecule has 2 aromatic carbocycles. The summed E-state index contributed by atoms with van der Waals surface area (Å²) in [6.07, 6.45) is 2.78. The van der Waals surface area contributed by atoms with E-state index in [0.29, 0.717) is 23.8 Å². The van der Waals surface area contributed by atoms with Crippen molar-refractivity contribution < 1.29 is 13.9 Å². The van der Waals surface area contributed by atoms with Gasteiger partial charge in [-0.25, -0.2) is 14.4 Å². The van der Waals surface area contributed by atoms with E-state index in [2.05, 4.69) is 20.6 Å². The fourth-order valence-corrected chi connectivity index (χ4v) is 2.34. The smallest absolute Gasteiger partial charge is 0.271 e. The van der Waals surface area contributed by atoms with Gasteiger partial charge in [0.05, 0.1) is 19.5 Å². The van der Waals surface area contributed by atoms with Gasteiger partial charge in [-0.1, -0.05) is 24.3 Å². The first-order valence-corrected chi connectivity index (χ1v) is 7.90. The van der Waals surface area contributed by atoms with Crippen molar-refractivity contribution in [2.75, 3.05) is 12.4 Å². The van der Waals surface area contributed by atoms with Crippen LogP contribution in [0.4, 0.5) is 15.9 Å². The molecule has 0 fully saturated rings. The SMILES string of the molecule is COc1ccccc1CNC(=O)c1cnc(Nc2cccc(F)c2)cn1. The molecular weight excluding hydrogens is 335 g/mol. The number of carbonyl (C=O) groups excluding carboxylic acids is 1. The minimum atomic E-state index is -0.352. The van der Waals surface area contributed by atoms with Crippen LogP contribution in [0, 0.1) is 5.82 Å². The zero-order valence-electron chi connectivity index (χ0n) is 14.1. The molecule has 7 heteroatoms. The number of methoxy groups -OCH3 is 1. The van der Waals surface area contributed by atoms with Crippen LogP contribution >= 0.6 is 0 Å². The molecule has 0 saturated carbocycles. The van der Waals surface area contributed by atoms with Crippen molar-refractivity contribution in [3.05, 3.63) is 78.0 Å². The van der Waals surface area contributed by atoms with Gasteiger partial charge in [0.15, 0.2) is 0 Å². The van der Waals surface area contributed by atoms with Crippen molar-refractivity contribution in [3.8, 4) is 5.75 Å². The summed E-state index contributed by atoms with van der Waals surface area (Å²) >= 11 is 0. The predicted molar refractivity (Wildman–Crippen MR) is 95.9 cm³/mol. The van der Waals surface area contributed by atoms with E-state index in [-0.39, 0.29) is 17.4 Å². The monoisotopic (exact) mass is 352 g/mol. The van der Waals surface area contributed by atoms with Gasteiger partial charge >= 0.3 is 0 Å². The first-order valence-electron chi connectivity index (χ1n) is 7.90. The predicted octanol–water partition coefficient (Wildman–Crippen LogP) is 3.30. The Hall–Kier alpha value is -3.48. The summed E-state index contributed by atoms with van der Waals surface area (Å²) in [6.45, 7) is 0.313. The second kappa shape index (κ2) is 8.06. The summed E-state index contributed by atoms with van der Waals surface area (Å²) in [6, 6.07) is 13.4. The number of carbonyl (C=O) groups is 1. The van der Waals surface area contributed by atoms with Crippen LogP contribution in [-0.2, 0) is 6.54 Å². The van der Waals surface area contributed by atoms with Gasteiger partial charge in [-0.2, -0.15) is 0 Å². The number of para-hydroxylation sites is 1. The van der Waals surface area contributed by atoms with Crippen molar-refractivity contribution in [1.29, 1.82) is 0 Å². The number of aromatic nitrogens is 2. The normalized spacial score (nSPS) is 10.2. The lowest BCUT2D eigenvalue weighted by Crippen LogP contribution is -2.24. The molecule has 3 rings (SSSR count). The number of rotatable bonds is 6. The third-order valence-electron chi connectivity index (χ3n) is 3.61. The average molecular weight is 352 g/mol. The molecular formula is C19H17FN4O2. The van der Waals surface area contributed by atoms with Crippen LogP contribution in [0.2, 0.25) is 0 Å². The zero-order chi connectivity index (χ0) is 18.4. The second-order valence-corrected chi connectivity index (χ2v) is 5.42. The van der Waals surface area contributed by atoms with Crippen LogP contribution in [0.3, 0.4) is 0 Å². The van der Waals surface area contributed by atoms with Crippen LogP contribution in [0.25, 0.3) is 0 Å². The second-order valence-electron chi connectivity index (χ2n) is 5.42. The molecule has 132 valence electrons. The topological polar surface area (TPSA) is 76.1 Å². The minimum absolute atomic E-state index is 0.185. The van der Waals surface area contributed by atoms with Crippen molar-refractivity contribution in [3.63, 3.8) is 0 Å². The van der Waals surface area contributed by atoms with E-state index in [1.54, 1.807) is 19.2 Å². The highest BCUT2D eigenvalue weighted by Gasteiger charge is 2.09. The average Bonchev–Trinajstić information content (AvgIpc) is 2.67. The quantitative estimate of drug-likeness (QED) is 0.712. The molecule has 6 nitrogen and oxygen atoms in total. The van der Waals surface area contributed by atoms with Crippen LogP contribution in [-0.4, -0.2) is 23.0 Å². The molecule has 2 N–H and O–H groups in total. The summed E-state index contributed by atoms with van der Waals surface area (Å²) in [7, 11) is 1.58. The molecule has 0 atom stereocenters. The molecule has 0 aliphatic rings. The summed E-state index contributed by atoms with van der Waals surface area (Å²) in [4.78, 5) is 20.4. The summed E-state index contributed by atoms with van der Waals surface area (Å²) in [5.41, 5.74) is 1.60. The minimum Gasteiger partial charge on any atom is -0.496 e. The van der Waals surface area contributed by atoms with E-state index in [9.17, 15) is 9.18 Å². The van der Waals surface area contributed by atoms with Gasteiger partial charge in [0, 0.05) is 17.8 Å². The fraction of sp³-hybridized carbons (Fsp3) is 0.105. The number of hydrogen-bond donors (Lipinski definition) is 2. The maximum Gasteiger partial charge on any atom is 0.271 e. The maximum atomic E-state index is 13.2. The lowest BCUT2D eigenvalue weighted by molar-refractivity contribution is 0.0945. The van der Waals surface area contributed by atoms with Gasteiger partial charge in [-0.3, -0.25) is 4.79 Å². The van der Waals surface area contributed by atoms with Gasteiger partial charge in [0.25, 0.3) is 5.91 Å². The van der Waals surface area contributed by atoms with Gasteiger partial charge < -0.3 is 15.4 Å². The van der Waals surface area contributed by atoms with E-state index in [1.165, 1.54) is 24.5 Å². The lowest BCUT2D eigenvalue weighted by atomic mass is 10.2. The van der Waals surface area contributed by atoms with Crippen molar-refractivity contribution in [2.24, 2.45) is 0 Å². The van der Waals surface area contributed by atoms with Crippen LogP contribution < -0.4 is 15.4 Å². The first-order chi connectivity index (χ1) is 12.7. The number of nitrogens with one attached hydrogen (secondary N) is 2. The number of nitrogens with zero attached hydrogens (tertiary/aromatic N) is 2. The van der Waals surface area contributed by atoms with Crippen LogP contribution in [0.15, 0.2) is 60.9 Å². The Bertz CT molecular complexity index is 900. The van der Waals surface area contributed by atoms with Gasteiger partial charge in [0.2, 0.25) is 0 Å². The van der Waals surface area contributed by atoms with E-state index < -0.39 is 0 Å². The molecule has 0 spiro atoms. The van der Waals surface area contributed by atoms with E-state index in [0.717, 1.165) is 5.56 Å².